The maximum atomic E-state index is 13.3. The van der Waals surface area contributed by atoms with Crippen molar-refractivity contribution in [2.75, 3.05) is 19.6 Å². The second kappa shape index (κ2) is 13.2. The zero-order valence-corrected chi connectivity index (χ0v) is 24.7. The lowest BCUT2D eigenvalue weighted by molar-refractivity contribution is -0.153. The normalized spacial score (nSPS) is 18.9. The highest BCUT2D eigenvalue weighted by Crippen LogP contribution is 2.33. The van der Waals surface area contributed by atoms with E-state index < -0.39 is 24.0 Å². The molecule has 2 fully saturated rings. The number of carbonyl (C=O) groups is 2. The van der Waals surface area contributed by atoms with Crippen LogP contribution in [0.3, 0.4) is 0 Å². The van der Waals surface area contributed by atoms with Crippen molar-refractivity contribution in [2.24, 2.45) is 0 Å². The van der Waals surface area contributed by atoms with Gasteiger partial charge in [-0.25, -0.2) is 4.98 Å². The highest BCUT2D eigenvalue weighted by Gasteiger charge is 2.38. The highest BCUT2D eigenvalue weighted by atomic mass is 32.1. The number of thiazole rings is 1. The molecule has 5 rings (SSSR count). The van der Waals surface area contributed by atoms with Crippen LogP contribution in [0.2, 0.25) is 0 Å². The number of rotatable bonds is 10. The zero-order chi connectivity index (χ0) is 28.9. The summed E-state index contributed by atoms with van der Waals surface area (Å²) in [7, 11) is 0. The number of nitrogens with zero attached hydrogens (tertiary/aromatic N) is 3. The zero-order valence-electron chi connectivity index (χ0n) is 23.9. The molecule has 41 heavy (non-hydrogen) atoms. The number of aryl methyl sites for hydroxylation is 2. The minimum Gasteiger partial charge on any atom is -0.380 e. The average Bonchev–Trinajstić information content (AvgIpc) is 3.75. The standard InChI is InChI=1S/C32H40N4O4S/c1-21-8-5-9-22(2)26(21)17-25-20-41-28(34-25)18-33-31(39)29(37)30(38)32(40)36-15-7-12-27(36)24-11-6-10-23(16-24)19-35-13-3-4-14-35/h5-6,8-11,16,20,27,29-30,37-38H,3-4,7,12-15,17-19H2,1-2H3,(H,33,39)/t27-,29-,30-/m1/s1. The summed E-state index contributed by atoms with van der Waals surface area (Å²) in [5.74, 6) is -1.41. The van der Waals surface area contributed by atoms with E-state index in [1.165, 1.54) is 46.4 Å². The third-order valence-electron chi connectivity index (χ3n) is 8.31. The van der Waals surface area contributed by atoms with Crippen molar-refractivity contribution in [3.63, 3.8) is 0 Å². The number of aromatic nitrogens is 1. The first-order chi connectivity index (χ1) is 19.8. The minimum atomic E-state index is -1.86. The highest BCUT2D eigenvalue weighted by molar-refractivity contribution is 7.09. The summed E-state index contributed by atoms with van der Waals surface area (Å²) in [6.45, 7) is 7.88. The average molecular weight is 577 g/mol. The van der Waals surface area contributed by atoms with Crippen LogP contribution in [0.5, 0.6) is 0 Å². The van der Waals surface area contributed by atoms with E-state index in [4.69, 9.17) is 0 Å². The number of hydrogen-bond acceptors (Lipinski definition) is 7. The Labute approximate surface area is 246 Å². The summed E-state index contributed by atoms with van der Waals surface area (Å²) in [4.78, 5) is 34.6. The number of aliphatic hydroxyl groups excluding tert-OH is 2. The molecule has 3 N–H and O–H groups in total. The van der Waals surface area contributed by atoms with Gasteiger partial charge >= 0.3 is 0 Å². The number of likely N-dealkylation sites (tertiary alicyclic amines) is 2. The number of nitrogens with one attached hydrogen (secondary N) is 1. The van der Waals surface area contributed by atoms with Gasteiger partial charge in [0.25, 0.3) is 11.8 Å². The quantitative estimate of drug-likeness (QED) is 0.340. The molecule has 0 unspecified atom stereocenters. The van der Waals surface area contributed by atoms with Crippen molar-refractivity contribution in [1.29, 1.82) is 0 Å². The number of carbonyl (C=O) groups excluding carboxylic acids is 2. The van der Waals surface area contributed by atoms with Gasteiger partial charge < -0.3 is 20.4 Å². The molecular formula is C32H40N4O4S. The molecule has 0 radical (unpaired) electrons. The molecule has 0 aliphatic carbocycles. The molecule has 0 spiro atoms. The van der Waals surface area contributed by atoms with E-state index in [0.717, 1.165) is 43.7 Å². The lowest BCUT2D eigenvalue weighted by Gasteiger charge is -2.29. The second-order valence-corrected chi connectivity index (χ2v) is 12.2. The Hall–Kier alpha value is -3.11. The van der Waals surface area contributed by atoms with Crippen LogP contribution in [0, 0.1) is 13.8 Å². The molecule has 3 heterocycles. The van der Waals surface area contributed by atoms with Crippen LogP contribution in [-0.4, -0.2) is 68.7 Å². The first-order valence-electron chi connectivity index (χ1n) is 14.5. The van der Waals surface area contributed by atoms with Crippen molar-refractivity contribution >= 4 is 23.2 Å². The Balaban J connectivity index is 1.16. The third kappa shape index (κ3) is 7.04. The van der Waals surface area contributed by atoms with Gasteiger partial charge in [-0.05, 0) is 80.4 Å². The number of amides is 2. The fourth-order valence-corrected chi connectivity index (χ4v) is 6.74. The van der Waals surface area contributed by atoms with Crippen LogP contribution >= 0.6 is 11.3 Å². The molecule has 2 aromatic carbocycles. The Bertz CT molecular complexity index is 1350. The van der Waals surface area contributed by atoms with Crippen molar-refractivity contribution < 1.29 is 19.8 Å². The maximum Gasteiger partial charge on any atom is 0.255 e. The Morgan fingerprint density at radius 1 is 1.02 bits per heavy atom. The summed E-state index contributed by atoms with van der Waals surface area (Å²) in [5.41, 5.74) is 6.82. The van der Waals surface area contributed by atoms with E-state index >= 15 is 0 Å². The fourth-order valence-electron chi connectivity index (χ4n) is 6.01. The van der Waals surface area contributed by atoms with Crippen LogP contribution in [-0.2, 0) is 29.1 Å². The molecule has 9 heteroatoms. The second-order valence-electron chi connectivity index (χ2n) is 11.3. The van der Waals surface area contributed by atoms with Crippen LogP contribution in [0.4, 0.5) is 0 Å². The molecule has 2 aliphatic heterocycles. The van der Waals surface area contributed by atoms with Gasteiger partial charge in [0.05, 0.1) is 18.3 Å². The first-order valence-corrected chi connectivity index (χ1v) is 15.4. The van der Waals surface area contributed by atoms with Crippen molar-refractivity contribution in [2.45, 2.75) is 77.3 Å². The Morgan fingerprint density at radius 2 is 1.76 bits per heavy atom. The summed E-state index contributed by atoms with van der Waals surface area (Å²) in [6.07, 6.45) is 1.06. The van der Waals surface area contributed by atoms with Crippen molar-refractivity contribution in [3.8, 4) is 0 Å². The van der Waals surface area contributed by atoms with Gasteiger partial charge in [0.2, 0.25) is 0 Å². The molecule has 218 valence electrons. The third-order valence-corrected chi connectivity index (χ3v) is 9.21. The number of aliphatic hydroxyl groups is 2. The van der Waals surface area contributed by atoms with Crippen molar-refractivity contribution in [3.05, 3.63) is 86.4 Å². The van der Waals surface area contributed by atoms with Gasteiger partial charge in [-0.3, -0.25) is 14.5 Å². The van der Waals surface area contributed by atoms with Gasteiger partial charge in [-0.2, -0.15) is 0 Å². The molecule has 3 aromatic rings. The van der Waals surface area contributed by atoms with Gasteiger partial charge in [-0.1, -0.05) is 42.5 Å². The number of benzene rings is 2. The number of hydrogen-bond donors (Lipinski definition) is 3. The summed E-state index contributed by atoms with van der Waals surface area (Å²) >= 11 is 1.43. The molecule has 2 saturated heterocycles. The van der Waals surface area contributed by atoms with E-state index in [1.807, 2.05) is 23.6 Å². The van der Waals surface area contributed by atoms with Crippen molar-refractivity contribution in [1.82, 2.24) is 20.1 Å². The Morgan fingerprint density at radius 3 is 2.51 bits per heavy atom. The molecule has 2 aliphatic rings. The van der Waals surface area contributed by atoms with Crippen LogP contribution in [0.1, 0.15) is 70.2 Å². The first kappa shape index (κ1) is 29.4. The molecule has 2 amide bonds. The molecule has 1 aromatic heterocycles. The molecule has 0 bridgehead atoms. The predicted octanol–water partition coefficient (Wildman–Crippen LogP) is 3.65. The smallest absolute Gasteiger partial charge is 0.255 e. The summed E-state index contributed by atoms with van der Waals surface area (Å²) in [5, 5.41) is 26.6. The SMILES string of the molecule is Cc1cccc(C)c1Cc1csc(CNC(=O)[C@H](O)[C@@H](O)C(=O)N2CCC[C@@H]2c2cccc(CN3CCCC3)c2)n1. The van der Waals surface area contributed by atoms with Crippen LogP contribution in [0.15, 0.2) is 47.8 Å². The monoisotopic (exact) mass is 576 g/mol. The van der Waals surface area contributed by atoms with Gasteiger partial charge in [0.15, 0.2) is 12.2 Å². The van der Waals surface area contributed by atoms with E-state index in [2.05, 4.69) is 53.3 Å². The molecule has 3 atom stereocenters. The van der Waals surface area contributed by atoms with Gasteiger partial charge in [-0.15, -0.1) is 11.3 Å². The summed E-state index contributed by atoms with van der Waals surface area (Å²) < 4.78 is 0. The molecule has 0 saturated carbocycles. The van der Waals surface area contributed by atoms with Gasteiger partial charge in [0.1, 0.15) is 5.01 Å². The predicted molar refractivity (Wildman–Crippen MR) is 159 cm³/mol. The fraction of sp³-hybridized carbons (Fsp3) is 0.469. The minimum absolute atomic E-state index is 0.115. The van der Waals surface area contributed by atoms with Gasteiger partial charge in [0, 0.05) is 24.9 Å². The van der Waals surface area contributed by atoms with Crippen LogP contribution < -0.4 is 5.32 Å². The largest absolute Gasteiger partial charge is 0.380 e. The van der Waals surface area contributed by atoms with E-state index in [1.54, 1.807) is 4.90 Å². The maximum absolute atomic E-state index is 13.3. The van der Waals surface area contributed by atoms with E-state index in [9.17, 15) is 19.8 Å². The van der Waals surface area contributed by atoms with Crippen LogP contribution in [0.25, 0.3) is 0 Å². The lowest BCUT2D eigenvalue weighted by atomic mass is 9.99. The Kier molecular flexibility index (Phi) is 9.49. The summed E-state index contributed by atoms with van der Waals surface area (Å²) in [6, 6.07) is 14.3. The van der Waals surface area contributed by atoms with E-state index in [0.29, 0.717) is 18.0 Å². The van der Waals surface area contributed by atoms with E-state index in [-0.39, 0.29) is 12.6 Å². The molecule has 8 nitrogen and oxygen atoms in total. The lowest BCUT2D eigenvalue weighted by Crippen LogP contribution is -2.50. The topological polar surface area (TPSA) is 106 Å². The molecular weight excluding hydrogens is 536 g/mol.